The van der Waals surface area contributed by atoms with Crippen LogP contribution in [0.3, 0.4) is 0 Å². The normalized spacial score (nSPS) is 12.5. The molecular formula is C38H40N4O11S3. The maximum atomic E-state index is 11.0. The van der Waals surface area contributed by atoms with Gasteiger partial charge in [0.15, 0.2) is 13.1 Å². The van der Waals surface area contributed by atoms with Crippen LogP contribution in [0.2, 0.25) is 0 Å². The summed E-state index contributed by atoms with van der Waals surface area (Å²) >= 11 is 1.03. The first-order valence-electron chi connectivity index (χ1n) is 17.8. The zero-order valence-corrected chi connectivity index (χ0v) is 33.3. The fraction of sp³-hybridized carbons (Fsp3) is 0.316. The molecule has 0 aliphatic heterocycles. The molecule has 0 unspecified atom stereocenters. The van der Waals surface area contributed by atoms with Crippen LogP contribution in [0.4, 0.5) is 0 Å². The molecule has 0 saturated carbocycles. The smallest absolute Gasteiger partial charge is 0.344 e. The van der Waals surface area contributed by atoms with E-state index < -0.39 is 26.0 Å². The summed E-state index contributed by atoms with van der Waals surface area (Å²) in [5.74, 6) is 1.20. The van der Waals surface area contributed by atoms with Crippen LogP contribution in [0.15, 0.2) is 81.6 Å². The fourth-order valence-corrected chi connectivity index (χ4v) is 8.85. The summed E-state index contributed by atoms with van der Waals surface area (Å²) < 4.78 is 89.9. The van der Waals surface area contributed by atoms with E-state index in [4.69, 9.17) is 14.1 Å². The molecule has 8 rings (SSSR count). The van der Waals surface area contributed by atoms with Gasteiger partial charge in [-0.1, -0.05) is 41.4 Å². The predicted octanol–water partition coefficient (Wildman–Crippen LogP) is 6.14. The van der Waals surface area contributed by atoms with Crippen molar-refractivity contribution in [2.45, 2.75) is 52.7 Å². The molecule has 56 heavy (non-hydrogen) atoms. The molecule has 0 saturated heterocycles. The van der Waals surface area contributed by atoms with E-state index in [0.29, 0.717) is 36.2 Å². The second kappa shape index (κ2) is 16.1. The topological polar surface area (TPSA) is 197 Å². The Bertz CT molecular complexity index is 2950. The van der Waals surface area contributed by atoms with Crippen LogP contribution >= 0.6 is 12.0 Å². The number of aromatic nitrogens is 4. The van der Waals surface area contributed by atoms with Gasteiger partial charge in [0.25, 0.3) is 11.0 Å². The third-order valence-corrected chi connectivity index (χ3v) is 12.1. The molecule has 0 fully saturated rings. The summed E-state index contributed by atoms with van der Waals surface area (Å²) in [6, 6.07) is 24.5. The molecule has 15 nitrogen and oxygen atoms in total. The lowest BCUT2D eigenvalue weighted by Crippen LogP contribution is -2.36. The number of benzene rings is 4. The Morgan fingerprint density at radius 1 is 0.696 bits per heavy atom. The first-order valence-corrected chi connectivity index (χ1v) is 21.9. The van der Waals surface area contributed by atoms with Gasteiger partial charge in [0.1, 0.15) is 0 Å². The van der Waals surface area contributed by atoms with Crippen molar-refractivity contribution in [3.63, 3.8) is 0 Å². The minimum atomic E-state index is -4.25. The van der Waals surface area contributed by atoms with Gasteiger partial charge in [0.2, 0.25) is 11.2 Å². The fourth-order valence-electron chi connectivity index (χ4n) is 7.52. The highest BCUT2D eigenvalue weighted by atomic mass is 32.2. The molecule has 0 atom stereocenters. The van der Waals surface area contributed by atoms with Crippen molar-refractivity contribution in [2.75, 3.05) is 17.3 Å². The quantitative estimate of drug-likeness (QED) is 0.0329. The Hall–Kier alpha value is -4.53. The van der Waals surface area contributed by atoms with Gasteiger partial charge in [-0.05, 0) is 18.6 Å². The van der Waals surface area contributed by atoms with Crippen molar-refractivity contribution in [3.05, 3.63) is 84.6 Å². The number of hydrogen-bond acceptors (Lipinski definition) is 12. The van der Waals surface area contributed by atoms with Gasteiger partial charge in [-0.2, -0.15) is 9.13 Å². The van der Waals surface area contributed by atoms with Crippen molar-refractivity contribution in [2.24, 2.45) is 7.05 Å². The number of nitrogens with zero attached hydrogens (tertiary/aromatic N) is 4. The molecule has 0 aliphatic rings. The van der Waals surface area contributed by atoms with E-state index in [1.54, 1.807) is 0 Å². The lowest BCUT2D eigenvalue weighted by molar-refractivity contribution is -0.682. The highest BCUT2D eigenvalue weighted by Gasteiger charge is 2.24. The molecule has 296 valence electrons. The molecule has 8 aromatic rings. The average Bonchev–Trinajstić information content (AvgIpc) is 3.83. The minimum Gasteiger partial charge on any atom is -0.748 e. The van der Waals surface area contributed by atoms with E-state index in [2.05, 4.69) is 54.9 Å². The Balaban J connectivity index is 0.000000175. The van der Waals surface area contributed by atoms with E-state index in [1.807, 2.05) is 66.4 Å². The largest absolute Gasteiger partial charge is 0.748 e. The molecular weight excluding hydrogens is 785 g/mol. The summed E-state index contributed by atoms with van der Waals surface area (Å²) in [4.78, 5) is 0. The number of hydrogen-bond donors (Lipinski definition) is 1. The van der Waals surface area contributed by atoms with Crippen molar-refractivity contribution in [3.8, 4) is 0 Å². The molecule has 1 N–H and O–H groups in total. The van der Waals surface area contributed by atoms with Crippen LogP contribution in [0.25, 0.3) is 65.8 Å². The molecule has 0 spiro atoms. The highest BCUT2D eigenvalue weighted by Crippen LogP contribution is 2.33. The summed E-state index contributed by atoms with van der Waals surface area (Å²) in [5, 5.41) is 16.3. The number of aryl methyl sites for hydroxylation is 6. The van der Waals surface area contributed by atoms with Crippen LogP contribution in [0, 0.1) is 13.8 Å². The van der Waals surface area contributed by atoms with Gasteiger partial charge < -0.3 is 27.1 Å². The van der Waals surface area contributed by atoms with E-state index in [0.717, 1.165) is 85.2 Å². The summed E-state index contributed by atoms with van der Waals surface area (Å²) in [6.07, 6.45) is 1.28. The van der Waals surface area contributed by atoms with E-state index >= 15 is 0 Å². The molecule has 4 heterocycles. The summed E-state index contributed by atoms with van der Waals surface area (Å²) in [7, 11) is -6.42. The van der Waals surface area contributed by atoms with E-state index in [-0.39, 0.29) is 18.6 Å². The van der Waals surface area contributed by atoms with E-state index in [1.165, 1.54) is 0 Å². The molecule has 4 aromatic carbocycles. The van der Waals surface area contributed by atoms with Crippen LogP contribution in [0.1, 0.15) is 31.0 Å². The molecule has 0 radical (unpaired) electrons. The molecule has 4 aromatic heterocycles. The molecule has 18 heteroatoms. The van der Waals surface area contributed by atoms with Gasteiger partial charge in [-0.3, -0.25) is 0 Å². The molecule has 0 bridgehead atoms. The average molecular weight is 825 g/mol. The number of rotatable bonds is 14. The van der Waals surface area contributed by atoms with Crippen molar-refractivity contribution >= 4 is 98.1 Å². The summed E-state index contributed by atoms with van der Waals surface area (Å²) in [5.41, 5.74) is 7.56. The molecule has 0 aliphatic carbocycles. The monoisotopic (exact) mass is 824 g/mol. The lowest BCUT2D eigenvalue weighted by atomic mass is 10.1. The van der Waals surface area contributed by atoms with Crippen molar-refractivity contribution < 1.29 is 58.5 Å². The minimum absolute atomic E-state index is 0.225. The van der Waals surface area contributed by atoms with Crippen LogP contribution in [0.5, 0.6) is 0 Å². The van der Waals surface area contributed by atoms with Crippen molar-refractivity contribution in [1.29, 1.82) is 0 Å². The zero-order valence-electron chi connectivity index (χ0n) is 30.8. The Kier molecular flexibility index (Phi) is 11.4. The van der Waals surface area contributed by atoms with Crippen LogP contribution in [-0.2, 0) is 56.3 Å². The zero-order chi connectivity index (χ0) is 39.8. The molecule has 0 amide bonds. The first-order chi connectivity index (χ1) is 26.7. The Morgan fingerprint density at radius 2 is 1.20 bits per heavy atom. The third-order valence-electron chi connectivity index (χ3n) is 9.94. The van der Waals surface area contributed by atoms with E-state index in [9.17, 15) is 25.9 Å². The van der Waals surface area contributed by atoms with Gasteiger partial charge in [-0.25, -0.2) is 22.1 Å². The Labute approximate surface area is 326 Å². The maximum Gasteiger partial charge on any atom is 0.344 e. The number of fused-ring (bicyclic) bond motifs is 8. The number of para-hydroxylation sites is 2. The Morgan fingerprint density at radius 3 is 1.75 bits per heavy atom. The van der Waals surface area contributed by atoms with Gasteiger partial charge in [0.05, 0.1) is 45.1 Å². The maximum absolute atomic E-state index is 11.0. The second-order valence-corrected chi connectivity index (χ2v) is 17.3. The van der Waals surface area contributed by atoms with Gasteiger partial charge in [-0.15, -0.1) is 4.33 Å². The summed E-state index contributed by atoms with van der Waals surface area (Å²) in [6.45, 7) is 5.21. The predicted molar refractivity (Wildman–Crippen MR) is 210 cm³/mol. The SMILES string of the molecule is Cc1oc2cc3c(cc2[n+]1CCCS(=O)(=O)[O-])c1ccccc1n3C.Cc1oc2cc3c(cc2[n+]1CCCS(=O)(=O)[O-])c1ccccc1n3CCCSOOO. The standard InChI is InChI=1S/C20H22N2O7S2.C18H18N2O4S/c1-14-21(9-5-11-31(24,25)26)19-12-16-15-6-2-3-7-17(15)22(8-4-10-30-29-28-23)18(16)13-20(19)27-14;1-12-20(8-5-9-25(21,22)23)17-10-14-13-6-3-4-7-15(13)19(2)16(14)11-18(17)24-12/h2-3,6-7,12-13H,4-5,8-11H2,1H3,(H-,23,24,25,26);3-4,6-7,10-11H,5,8-9H2,1-2H3. The third kappa shape index (κ3) is 8.28. The lowest BCUT2D eigenvalue weighted by Gasteiger charge is -2.06. The van der Waals surface area contributed by atoms with Crippen LogP contribution in [-0.4, -0.2) is 57.6 Å². The van der Waals surface area contributed by atoms with Gasteiger partial charge >= 0.3 is 11.8 Å². The number of oxazole rings is 2. The van der Waals surface area contributed by atoms with Crippen molar-refractivity contribution in [1.82, 2.24) is 9.13 Å². The second-order valence-electron chi connectivity index (χ2n) is 13.5. The van der Waals surface area contributed by atoms with Crippen LogP contribution < -0.4 is 9.13 Å². The van der Waals surface area contributed by atoms with Gasteiger partial charge in [0, 0.05) is 113 Å². The first kappa shape index (κ1) is 39.7. The highest BCUT2D eigenvalue weighted by molar-refractivity contribution is 7.94.